The fraction of sp³-hybridized carbons (Fsp3) is 0.250. The van der Waals surface area contributed by atoms with Crippen LogP contribution in [-0.2, 0) is 13.1 Å². The van der Waals surface area contributed by atoms with Crippen LogP contribution in [0.2, 0.25) is 0 Å². The zero-order valence-electron chi connectivity index (χ0n) is 11.8. The molecule has 0 aromatic heterocycles. The highest BCUT2D eigenvalue weighted by Gasteiger charge is 2.07. The van der Waals surface area contributed by atoms with Crippen LogP contribution in [0, 0.1) is 5.82 Å². The molecule has 0 heterocycles. The van der Waals surface area contributed by atoms with Crippen LogP contribution in [0.5, 0.6) is 5.75 Å². The first-order chi connectivity index (χ1) is 9.63. The van der Waals surface area contributed by atoms with Gasteiger partial charge in [0.2, 0.25) is 0 Å². The van der Waals surface area contributed by atoms with Crippen LogP contribution in [0.1, 0.15) is 11.1 Å². The molecule has 0 radical (unpaired) electrons. The Bertz CT molecular complexity index is 586. The van der Waals surface area contributed by atoms with Gasteiger partial charge in [0.15, 0.2) is 11.6 Å². The van der Waals surface area contributed by atoms with Crippen LogP contribution >= 0.6 is 0 Å². The molecule has 2 aromatic rings. The van der Waals surface area contributed by atoms with E-state index >= 15 is 0 Å². The molecule has 0 unspecified atom stereocenters. The van der Waals surface area contributed by atoms with Crippen molar-refractivity contribution in [1.29, 1.82) is 0 Å². The maximum atomic E-state index is 13.7. The Kier molecular flexibility index (Phi) is 4.58. The van der Waals surface area contributed by atoms with E-state index in [0.29, 0.717) is 13.1 Å². The molecule has 0 aliphatic rings. The average molecular weight is 274 g/mol. The van der Waals surface area contributed by atoms with Gasteiger partial charge < -0.3 is 15.4 Å². The molecular formula is C16H19FN2O. The van der Waals surface area contributed by atoms with Gasteiger partial charge in [-0.1, -0.05) is 18.2 Å². The van der Waals surface area contributed by atoms with Crippen molar-refractivity contribution in [3.8, 4) is 5.75 Å². The molecule has 20 heavy (non-hydrogen) atoms. The molecule has 2 N–H and O–H groups in total. The van der Waals surface area contributed by atoms with E-state index < -0.39 is 0 Å². The molecule has 0 bridgehead atoms. The minimum absolute atomic E-state index is 0.265. The first-order valence-corrected chi connectivity index (χ1v) is 6.46. The average Bonchev–Trinajstić information content (AvgIpc) is 2.47. The lowest BCUT2D eigenvalue weighted by Gasteiger charge is -2.20. The second-order valence-electron chi connectivity index (χ2n) is 4.70. The van der Waals surface area contributed by atoms with Crippen LogP contribution in [-0.4, -0.2) is 14.2 Å². The van der Waals surface area contributed by atoms with Crippen LogP contribution in [0.4, 0.5) is 10.1 Å². The number of nitrogens with zero attached hydrogens (tertiary/aromatic N) is 1. The van der Waals surface area contributed by atoms with E-state index in [1.165, 1.54) is 13.2 Å². The van der Waals surface area contributed by atoms with Crippen LogP contribution in [0.3, 0.4) is 0 Å². The predicted molar refractivity (Wildman–Crippen MR) is 79.4 cm³/mol. The molecule has 3 nitrogen and oxygen atoms in total. The van der Waals surface area contributed by atoms with Crippen molar-refractivity contribution in [2.24, 2.45) is 5.73 Å². The van der Waals surface area contributed by atoms with Crippen molar-refractivity contribution in [1.82, 2.24) is 0 Å². The van der Waals surface area contributed by atoms with Gasteiger partial charge in [-0.2, -0.15) is 0 Å². The van der Waals surface area contributed by atoms with Gasteiger partial charge >= 0.3 is 0 Å². The van der Waals surface area contributed by atoms with Crippen LogP contribution in [0.15, 0.2) is 42.5 Å². The molecule has 0 amide bonds. The molecule has 106 valence electrons. The zero-order chi connectivity index (χ0) is 14.5. The number of hydrogen-bond acceptors (Lipinski definition) is 3. The zero-order valence-corrected chi connectivity index (χ0v) is 11.8. The van der Waals surface area contributed by atoms with Crippen LogP contribution < -0.4 is 15.4 Å². The highest BCUT2D eigenvalue weighted by molar-refractivity contribution is 5.48. The molecule has 0 saturated heterocycles. The first-order valence-electron chi connectivity index (χ1n) is 6.46. The SMILES string of the molecule is COc1ccc(CN(C)c2cccc(CN)c2)cc1F. The number of ether oxygens (including phenoxy) is 1. The summed E-state index contributed by atoms with van der Waals surface area (Å²) in [7, 11) is 3.43. The largest absolute Gasteiger partial charge is 0.494 e. The summed E-state index contributed by atoms with van der Waals surface area (Å²) in [6.07, 6.45) is 0. The second kappa shape index (κ2) is 6.39. The second-order valence-corrected chi connectivity index (χ2v) is 4.70. The first kappa shape index (κ1) is 14.3. The van der Waals surface area contributed by atoms with Crippen molar-refractivity contribution in [2.75, 3.05) is 19.1 Å². The Balaban J connectivity index is 2.14. The Morgan fingerprint density at radius 1 is 1.15 bits per heavy atom. The summed E-state index contributed by atoms with van der Waals surface area (Å²) in [5, 5.41) is 0. The summed E-state index contributed by atoms with van der Waals surface area (Å²) in [5.74, 6) is -0.0735. The third-order valence-corrected chi connectivity index (χ3v) is 3.22. The van der Waals surface area contributed by atoms with Gasteiger partial charge in [0, 0.05) is 25.8 Å². The summed E-state index contributed by atoms with van der Waals surface area (Å²) in [4.78, 5) is 2.06. The third-order valence-electron chi connectivity index (χ3n) is 3.22. The van der Waals surface area contributed by atoms with Gasteiger partial charge in [0.25, 0.3) is 0 Å². The molecule has 4 heteroatoms. The number of methoxy groups -OCH3 is 1. The van der Waals surface area contributed by atoms with Crippen molar-refractivity contribution < 1.29 is 9.13 Å². The van der Waals surface area contributed by atoms with E-state index in [2.05, 4.69) is 4.90 Å². The summed E-state index contributed by atoms with van der Waals surface area (Å²) in [6.45, 7) is 1.13. The lowest BCUT2D eigenvalue weighted by molar-refractivity contribution is 0.386. The number of halogens is 1. The quantitative estimate of drug-likeness (QED) is 0.911. The van der Waals surface area contributed by atoms with E-state index in [4.69, 9.17) is 10.5 Å². The standard InChI is InChI=1S/C16H19FN2O/c1-19(14-5-3-4-12(8-14)10-18)11-13-6-7-16(20-2)15(17)9-13/h3-9H,10-11,18H2,1-2H3. The smallest absolute Gasteiger partial charge is 0.165 e. The topological polar surface area (TPSA) is 38.5 Å². The number of benzene rings is 2. The predicted octanol–water partition coefficient (Wildman–Crippen LogP) is 2.93. The number of hydrogen-bond donors (Lipinski definition) is 1. The molecule has 2 rings (SSSR count). The molecule has 0 saturated carbocycles. The minimum Gasteiger partial charge on any atom is -0.494 e. The summed E-state index contributed by atoms with van der Waals surface area (Å²) in [5.41, 5.74) is 8.67. The summed E-state index contributed by atoms with van der Waals surface area (Å²) >= 11 is 0. The van der Waals surface area contributed by atoms with Gasteiger partial charge in [-0.25, -0.2) is 4.39 Å². The Morgan fingerprint density at radius 2 is 1.95 bits per heavy atom. The number of anilines is 1. The van der Waals surface area contributed by atoms with E-state index in [1.54, 1.807) is 6.07 Å². The molecular weight excluding hydrogens is 255 g/mol. The summed E-state index contributed by atoms with van der Waals surface area (Å²) < 4.78 is 18.6. The van der Waals surface area contributed by atoms with Gasteiger partial charge in [-0.3, -0.25) is 0 Å². The Labute approximate surface area is 118 Å². The van der Waals surface area contributed by atoms with Gasteiger partial charge in [-0.15, -0.1) is 0 Å². The monoisotopic (exact) mass is 274 g/mol. The lowest BCUT2D eigenvalue weighted by atomic mass is 10.1. The molecule has 0 aliphatic carbocycles. The molecule has 0 aliphatic heterocycles. The number of rotatable bonds is 5. The van der Waals surface area contributed by atoms with E-state index in [0.717, 1.165) is 16.8 Å². The normalized spacial score (nSPS) is 10.4. The minimum atomic E-state index is -0.339. The Hall–Kier alpha value is -2.07. The fourth-order valence-corrected chi connectivity index (χ4v) is 2.09. The highest BCUT2D eigenvalue weighted by Crippen LogP contribution is 2.21. The summed E-state index contributed by atoms with van der Waals surface area (Å²) in [6, 6.07) is 13.0. The molecule has 0 atom stereocenters. The van der Waals surface area contributed by atoms with Gasteiger partial charge in [0.1, 0.15) is 0 Å². The number of nitrogens with two attached hydrogens (primary N) is 1. The van der Waals surface area contributed by atoms with Crippen molar-refractivity contribution in [3.63, 3.8) is 0 Å². The highest BCUT2D eigenvalue weighted by atomic mass is 19.1. The van der Waals surface area contributed by atoms with E-state index in [-0.39, 0.29) is 11.6 Å². The Morgan fingerprint density at radius 3 is 2.60 bits per heavy atom. The van der Waals surface area contributed by atoms with Crippen molar-refractivity contribution in [2.45, 2.75) is 13.1 Å². The molecule has 0 spiro atoms. The van der Waals surface area contributed by atoms with Crippen LogP contribution in [0.25, 0.3) is 0 Å². The van der Waals surface area contributed by atoms with E-state index in [9.17, 15) is 4.39 Å². The van der Waals surface area contributed by atoms with Gasteiger partial charge in [0.05, 0.1) is 7.11 Å². The van der Waals surface area contributed by atoms with E-state index in [1.807, 2.05) is 37.4 Å². The maximum absolute atomic E-state index is 13.7. The van der Waals surface area contributed by atoms with Gasteiger partial charge in [-0.05, 0) is 35.4 Å². The fourth-order valence-electron chi connectivity index (χ4n) is 2.09. The van der Waals surface area contributed by atoms with Crippen molar-refractivity contribution >= 4 is 5.69 Å². The molecule has 0 fully saturated rings. The maximum Gasteiger partial charge on any atom is 0.165 e. The third kappa shape index (κ3) is 3.27. The van der Waals surface area contributed by atoms with Crippen molar-refractivity contribution in [3.05, 3.63) is 59.4 Å². The lowest BCUT2D eigenvalue weighted by Crippen LogP contribution is -2.16. The molecule has 2 aromatic carbocycles.